The van der Waals surface area contributed by atoms with Gasteiger partial charge >= 0.3 is 0 Å². The second kappa shape index (κ2) is 5.19. The van der Waals surface area contributed by atoms with Crippen molar-refractivity contribution in [1.82, 2.24) is 15.0 Å². The zero-order valence-electron chi connectivity index (χ0n) is 10.3. The van der Waals surface area contributed by atoms with E-state index in [1.165, 1.54) is 0 Å². The summed E-state index contributed by atoms with van der Waals surface area (Å²) in [5.74, 6) is 0.563. The standard InChI is InChI=1S/C14H9ClN4O/c15-11-4-1-3-10(7-11)9-19-14(12(8-16)17-18-19)13-5-2-6-20-13/h1-7H,9H2. The third kappa shape index (κ3) is 2.29. The summed E-state index contributed by atoms with van der Waals surface area (Å²) in [6, 6.07) is 13.0. The van der Waals surface area contributed by atoms with Gasteiger partial charge in [-0.1, -0.05) is 28.9 Å². The molecule has 0 bridgehead atoms. The fraction of sp³-hybridized carbons (Fsp3) is 0.0714. The molecule has 0 aliphatic carbocycles. The lowest BCUT2D eigenvalue weighted by Crippen LogP contribution is -2.04. The molecule has 0 saturated heterocycles. The number of nitriles is 1. The first-order valence-corrected chi connectivity index (χ1v) is 6.27. The van der Waals surface area contributed by atoms with Crippen LogP contribution >= 0.6 is 11.6 Å². The number of rotatable bonds is 3. The van der Waals surface area contributed by atoms with Crippen molar-refractivity contribution in [2.24, 2.45) is 0 Å². The predicted molar refractivity (Wildman–Crippen MR) is 73.0 cm³/mol. The van der Waals surface area contributed by atoms with E-state index in [1.54, 1.807) is 29.1 Å². The average molecular weight is 285 g/mol. The summed E-state index contributed by atoms with van der Waals surface area (Å²) in [4.78, 5) is 0. The van der Waals surface area contributed by atoms with Crippen molar-refractivity contribution in [3.8, 4) is 17.5 Å². The molecule has 3 rings (SSSR count). The van der Waals surface area contributed by atoms with Gasteiger partial charge in [-0.05, 0) is 29.8 Å². The van der Waals surface area contributed by atoms with Gasteiger partial charge in [0.25, 0.3) is 0 Å². The average Bonchev–Trinajstić information content (AvgIpc) is 3.07. The molecule has 0 aliphatic rings. The van der Waals surface area contributed by atoms with Gasteiger partial charge in [-0.3, -0.25) is 0 Å². The molecule has 0 saturated carbocycles. The van der Waals surface area contributed by atoms with Gasteiger partial charge in [0, 0.05) is 5.02 Å². The molecule has 98 valence electrons. The molecule has 2 heterocycles. The summed E-state index contributed by atoms with van der Waals surface area (Å²) >= 11 is 5.97. The minimum absolute atomic E-state index is 0.238. The summed E-state index contributed by atoms with van der Waals surface area (Å²) in [5, 5.41) is 17.6. The molecule has 6 heteroatoms. The predicted octanol–water partition coefficient (Wildman–Crippen LogP) is 3.11. The highest BCUT2D eigenvalue weighted by molar-refractivity contribution is 6.30. The molecule has 0 amide bonds. The number of benzene rings is 1. The Kier molecular flexibility index (Phi) is 3.23. The quantitative estimate of drug-likeness (QED) is 0.741. The normalized spacial score (nSPS) is 10.4. The van der Waals surface area contributed by atoms with Crippen molar-refractivity contribution in [3.63, 3.8) is 0 Å². The Balaban J connectivity index is 2.03. The summed E-state index contributed by atoms with van der Waals surface area (Å²) in [6.07, 6.45) is 1.55. The fourth-order valence-electron chi connectivity index (χ4n) is 1.96. The Hall–Kier alpha value is -2.58. The number of hydrogen-bond acceptors (Lipinski definition) is 4. The maximum absolute atomic E-state index is 9.11. The number of aromatic nitrogens is 3. The smallest absolute Gasteiger partial charge is 0.193 e. The van der Waals surface area contributed by atoms with Crippen molar-refractivity contribution >= 4 is 11.6 Å². The minimum Gasteiger partial charge on any atom is -0.463 e. The molecule has 5 nitrogen and oxygen atoms in total. The van der Waals surface area contributed by atoms with Crippen LogP contribution in [0.2, 0.25) is 5.02 Å². The van der Waals surface area contributed by atoms with Crippen LogP contribution in [0.1, 0.15) is 11.3 Å². The molecule has 0 N–H and O–H groups in total. The van der Waals surface area contributed by atoms with E-state index in [0.717, 1.165) is 5.56 Å². The zero-order chi connectivity index (χ0) is 13.9. The largest absolute Gasteiger partial charge is 0.463 e. The molecule has 0 aliphatic heterocycles. The second-order valence-corrected chi connectivity index (χ2v) is 4.60. The van der Waals surface area contributed by atoms with Crippen LogP contribution in [0, 0.1) is 11.3 Å². The Morgan fingerprint density at radius 2 is 2.20 bits per heavy atom. The van der Waals surface area contributed by atoms with Crippen LogP contribution in [0.25, 0.3) is 11.5 Å². The van der Waals surface area contributed by atoms with E-state index in [2.05, 4.69) is 10.3 Å². The molecule has 0 spiro atoms. The topological polar surface area (TPSA) is 67.6 Å². The lowest BCUT2D eigenvalue weighted by molar-refractivity contribution is 0.566. The Labute approximate surface area is 120 Å². The first-order valence-electron chi connectivity index (χ1n) is 5.90. The van der Waals surface area contributed by atoms with Crippen molar-refractivity contribution in [2.75, 3.05) is 0 Å². The number of halogens is 1. The second-order valence-electron chi connectivity index (χ2n) is 4.16. The van der Waals surface area contributed by atoms with Gasteiger partial charge in [0.2, 0.25) is 0 Å². The van der Waals surface area contributed by atoms with Crippen LogP contribution in [0.15, 0.2) is 47.1 Å². The van der Waals surface area contributed by atoms with Crippen LogP contribution in [0.4, 0.5) is 0 Å². The van der Waals surface area contributed by atoms with Gasteiger partial charge in [-0.15, -0.1) is 5.10 Å². The molecule has 0 fully saturated rings. The van der Waals surface area contributed by atoms with Crippen molar-refractivity contribution < 1.29 is 4.42 Å². The van der Waals surface area contributed by atoms with E-state index >= 15 is 0 Å². The summed E-state index contributed by atoms with van der Waals surface area (Å²) in [7, 11) is 0. The monoisotopic (exact) mass is 284 g/mol. The molecule has 2 aromatic heterocycles. The highest BCUT2D eigenvalue weighted by Gasteiger charge is 2.17. The van der Waals surface area contributed by atoms with Gasteiger partial charge in [0.1, 0.15) is 11.8 Å². The molecule has 0 unspecified atom stereocenters. The van der Waals surface area contributed by atoms with Crippen LogP contribution in [0.3, 0.4) is 0 Å². The molecule has 0 atom stereocenters. The SMILES string of the molecule is N#Cc1nnn(Cc2cccc(Cl)c2)c1-c1ccco1. The Bertz CT molecular complexity index is 771. The van der Waals surface area contributed by atoms with Crippen molar-refractivity contribution in [3.05, 3.63) is 58.9 Å². The van der Waals surface area contributed by atoms with E-state index in [9.17, 15) is 0 Å². The van der Waals surface area contributed by atoms with Crippen LogP contribution in [-0.4, -0.2) is 15.0 Å². The zero-order valence-corrected chi connectivity index (χ0v) is 11.1. The Morgan fingerprint density at radius 1 is 1.30 bits per heavy atom. The van der Waals surface area contributed by atoms with Gasteiger partial charge in [0.05, 0.1) is 12.8 Å². The minimum atomic E-state index is 0.238. The van der Waals surface area contributed by atoms with Crippen LogP contribution < -0.4 is 0 Å². The number of hydrogen-bond donors (Lipinski definition) is 0. The van der Waals surface area contributed by atoms with E-state index < -0.39 is 0 Å². The molecule has 3 aromatic rings. The lowest BCUT2D eigenvalue weighted by atomic mass is 10.2. The van der Waals surface area contributed by atoms with E-state index in [4.69, 9.17) is 21.3 Å². The molecular weight excluding hydrogens is 276 g/mol. The number of furan rings is 1. The van der Waals surface area contributed by atoms with Crippen molar-refractivity contribution in [1.29, 1.82) is 5.26 Å². The summed E-state index contributed by atoms with van der Waals surface area (Å²) in [6.45, 7) is 0.464. The van der Waals surface area contributed by atoms with Crippen LogP contribution in [-0.2, 0) is 6.54 Å². The number of nitrogens with zero attached hydrogens (tertiary/aromatic N) is 4. The van der Waals surface area contributed by atoms with Gasteiger partial charge in [-0.25, -0.2) is 4.68 Å². The third-order valence-electron chi connectivity index (χ3n) is 2.82. The first kappa shape index (κ1) is 12.5. The van der Waals surface area contributed by atoms with E-state index in [-0.39, 0.29) is 5.69 Å². The lowest BCUT2D eigenvalue weighted by Gasteiger charge is -2.05. The molecule has 1 aromatic carbocycles. The fourth-order valence-corrected chi connectivity index (χ4v) is 2.18. The highest BCUT2D eigenvalue weighted by Crippen LogP contribution is 2.23. The van der Waals surface area contributed by atoms with Gasteiger partial charge in [0.15, 0.2) is 11.5 Å². The summed E-state index contributed by atoms with van der Waals surface area (Å²) < 4.78 is 6.97. The molecular formula is C14H9ClN4O. The van der Waals surface area contributed by atoms with Crippen LogP contribution in [0.5, 0.6) is 0 Å². The maximum Gasteiger partial charge on any atom is 0.193 e. The van der Waals surface area contributed by atoms with Crippen molar-refractivity contribution in [2.45, 2.75) is 6.54 Å². The highest BCUT2D eigenvalue weighted by atomic mass is 35.5. The van der Waals surface area contributed by atoms with E-state index in [0.29, 0.717) is 23.0 Å². The first-order chi connectivity index (χ1) is 9.78. The third-order valence-corrected chi connectivity index (χ3v) is 3.05. The van der Waals surface area contributed by atoms with Gasteiger partial charge < -0.3 is 4.42 Å². The summed E-state index contributed by atoms with van der Waals surface area (Å²) in [5.41, 5.74) is 1.78. The maximum atomic E-state index is 9.11. The van der Waals surface area contributed by atoms with Gasteiger partial charge in [-0.2, -0.15) is 5.26 Å². The molecule has 20 heavy (non-hydrogen) atoms. The van der Waals surface area contributed by atoms with E-state index in [1.807, 2.05) is 24.3 Å². The Morgan fingerprint density at radius 3 is 2.90 bits per heavy atom. The molecule has 0 radical (unpaired) electrons.